The first-order valence-electron chi connectivity index (χ1n) is 6.38. The third-order valence-electron chi connectivity index (χ3n) is 3.96. The van der Waals surface area contributed by atoms with Gasteiger partial charge in [-0.3, -0.25) is 10.1 Å². The van der Waals surface area contributed by atoms with Gasteiger partial charge in [0.1, 0.15) is 5.54 Å². The van der Waals surface area contributed by atoms with E-state index in [0.29, 0.717) is 13.0 Å². The van der Waals surface area contributed by atoms with E-state index in [1.54, 1.807) is 11.3 Å². The highest BCUT2D eigenvalue weighted by atomic mass is 32.1. The number of anilines is 1. The predicted octanol–water partition coefficient (Wildman–Crippen LogP) is 1.08. The van der Waals surface area contributed by atoms with Crippen molar-refractivity contribution in [3.63, 3.8) is 0 Å². The SMILES string of the molecule is O=C1NC(=O)C2(CCN(c3ccc4scnc4c3)C2)N1. The van der Waals surface area contributed by atoms with Crippen LogP contribution in [0.15, 0.2) is 23.7 Å². The number of nitrogens with one attached hydrogen (secondary N) is 2. The van der Waals surface area contributed by atoms with Gasteiger partial charge >= 0.3 is 6.03 Å². The maximum absolute atomic E-state index is 11.9. The van der Waals surface area contributed by atoms with Crippen molar-refractivity contribution in [2.45, 2.75) is 12.0 Å². The zero-order valence-corrected chi connectivity index (χ0v) is 11.4. The monoisotopic (exact) mass is 288 g/mol. The number of hydrogen-bond donors (Lipinski definition) is 2. The van der Waals surface area contributed by atoms with Gasteiger partial charge in [-0.25, -0.2) is 9.78 Å². The molecule has 4 rings (SSSR count). The van der Waals surface area contributed by atoms with Crippen LogP contribution in [0.5, 0.6) is 0 Å². The van der Waals surface area contributed by atoms with Crippen molar-refractivity contribution >= 4 is 39.2 Å². The molecule has 2 saturated heterocycles. The largest absolute Gasteiger partial charge is 0.368 e. The van der Waals surface area contributed by atoms with Gasteiger partial charge in [-0.05, 0) is 24.6 Å². The molecule has 2 aromatic rings. The van der Waals surface area contributed by atoms with Gasteiger partial charge in [0, 0.05) is 12.2 Å². The number of urea groups is 1. The van der Waals surface area contributed by atoms with Crippen LogP contribution in [-0.2, 0) is 4.79 Å². The van der Waals surface area contributed by atoms with E-state index < -0.39 is 11.6 Å². The van der Waals surface area contributed by atoms with Crippen LogP contribution >= 0.6 is 11.3 Å². The van der Waals surface area contributed by atoms with Gasteiger partial charge < -0.3 is 10.2 Å². The zero-order chi connectivity index (χ0) is 13.7. The van der Waals surface area contributed by atoms with E-state index in [-0.39, 0.29) is 5.91 Å². The molecule has 2 N–H and O–H groups in total. The number of carbonyl (C=O) groups is 2. The van der Waals surface area contributed by atoms with E-state index in [4.69, 9.17) is 0 Å². The third kappa shape index (κ3) is 1.59. The molecular formula is C13H12N4O2S. The van der Waals surface area contributed by atoms with Crippen molar-refractivity contribution in [1.29, 1.82) is 0 Å². The normalized spacial score (nSPS) is 25.5. The van der Waals surface area contributed by atoms with Gasteiger partial charge in [-0.2, -0.15) is 0 Å². The van der Waals surface area contributed by atoms with E-state index >= 15 is 0 Å². The van der Waals surface area contributed by atoms with Gasteiger partial charge in [0.05, 0.1) is 22.3 Å². The number of imide groups is 1. The van der Waals surface area contributed by atoms with Crippen LogP contribution in [-0.4, -0.2) is 35.6 Å². The second kappa shape index (κ2) is 3.92. The molecule has 6 nitrogen and oxygen atoms in total. The standard InChI is InChI=1S/C13H12N4O2S/c18-11-13(16-12(19)15-11)3-4-17(6-13)8-1-2-10-9(5-8)14-7-20-10/h1-2,5,7H,3-4,6H2,(H2,15,16,18,19). The molecule has 7 heteroatoms. The summed E-state index contributed by atoms with van der Waals surface area (Å²) >= 11 is 1.61. The van der Waals surface area contributed by atoms with Crippen LogP contribution in [0.25, 0.3) is 10.2 Å². The summed E-state index contributed by atoms with van der Waals surface area (Å²) < 4.78 is 1.15. The maximum atomic E-state index is 11.9. The summed E-state index contributed by atoms with van der Waals surface area (Å²) in [6, 6.07) is 5.71. The molecule has 1 aromatic carbocycles. The number of fused-ring (bicyclic) bond motifs is 1. The lowest BCUT2D eigenvalue weighted by Crippen LogP contribution is -2.49. The number of thiazole rings is 1. The second-order valence-electron chi connectivity index (χ2n) is 5.17. The average Bonchev–Trinajstić information content (AvgIpc) is 3.09. The van der Waals surface area contributed by atoms with Crippen LogP contribution < -0.4 is 15.5 Å². The van der Waals surface area contributed by atoms with Crippen LogP contribution in [0.3, 0.4) is 0 Å². The van der Waals surface area contributed by atoms with Crippen LogP contribution in [0, 0.1) is 0 Å². The Morgan fingerprint density at radius 1 is 1.35 bits per heavy atom. The average molecular weight is 288 g/mol. The van der Waals surface area contributed by atoms with Crippen LogP contribution in [0.1, 0.15) is 6.42 Å². The molecule has 102 valence electrons. The van der Waals surface area contributed by atoms with Crippen LogP contribution in [0.2, 0.25) is 0 Å². The van der Waals surface area contributed by atoms with E-state index in [1.165, 1.54) is 0 Å². The highest BCUT2D eigenvalue weighted by Crippen LogP contribution is 2.31. The number of amides is 3. The van der Waals surface area contributed by atoms with Crippen molar-refractivity contribution in [2.75, 3.05) is 18.0 Å². The maximum Gasteiger partial charge on any atom is 0.322 e. The summed E-state index contributed by atoms with van der Waals surface area (Å²) in [6.45, 7) is 1.24. The molecule has 1 spiro atoms. The molecule has 2 aliphatic heterocycles. The fourth-order valence-corrected chi connectivity index (χ4v) is 3.55. The summed E-state index contributed by atoms with van der Waals surface area (Å²) in [5.74, 6) is -0.222. The Hall–Kier alpha value is -2.15. The molecule has 20 heavy (non-hydrogen) atoms. The Bertz CT molecular complexity index is 728. The quantitative estimate of drug-likeness (QED) is 0.770. The summed E-state index contributed by atoms with van der Waals surface area (Å²) in [4.78, 5) is 29.7. The van der Waals surface area contributed by atoms with E-state index in [9.17, 15) is 9.59 Å². The summed E-state index contributed by atoms with van der Waals surface area (Å²) in [5, 5.41) is 5.08. The lowest BCUT2D eigenvalue weighted by Gasteiger charge is -2.22. The van der Waals surface area contributed by atoms with E-state index in [2.05, 4.69) is 20.5 Å². The van der Waals surface area contributed by atoms with Gasteiger partial charge in [0.2, 0.25) is 0 Å². The van der Waals surface area contributed by atoms with Gasteiger partial charge in [0.15, 0.2) is 0 Å². The smallest absolute Gasteiger partial charge is 0.322 e. The van der Waals surface area contributed by atoms with E-state index in [0.717, 1.165) is 22.4 Å². The minimum Gasteiger partial charge on any atom is -0.368 e. The lowest BCUT2D eigenvalue weighted by molar-refractivity contribution is -0.123. The molecule has 0 aliphatic carbocycles. The zero-order valence-electron chi connectivity index (χ0n) is 10.5. The molecule has 3 heterocycles. The van der Waals surface area contributed by atoms with Crippen molar-refractivity contribution in [1.82, 2.24) is 15.6 Å². The van der Waals surface area contributed by atoms with Crippen LogP contribution in [0.4, 0.5) is 10.5 Å². The van der Waals surface area contributed by atoms with Crippen molar-refractivity contribution in [3.8, 4) is 0 Å². The molecule has 2 fully saturated rings. The Morgan fingerprint density at radius 2 is 2.25 bits per heavy atom. The number of nitrogens with zero attached hydrogens (tertiary/aromatic N) is 2. The number of benzene rings is 1. The Kier molecular flexibility index (Phi) is 2.29. The van der Waals surface area contributed by atoms with Gasteiger partial charge in [-0.15, -0.1) is 11.3 Å². The first-order valence-corrected chi connectivity index (χ1v) is 7.26. The number of rotatable bonds is 1. The van der Waals surface area contributed by atoms with E-state index in [1.807, 2.05) is 23.7 Å². The molecule has 3 amide bonds. The molecule has 0 bridgehead atoms. The Morgan fingerprint density at radius 3 is 3.05 bits per heavy atom. The predicted molar refractivity (Wildman–Crippen MR) is 75.9 cm³/mol. The second-order valence-corrected chi connectivity index (χ2v) is 6.05. The number of aromatic nitrogens is 1. The third-order valence-corrected chi connectivity index (χ3v) is 4.77. The first-order chi connectivity index (χ1) is 9.66. The highest BCUT2D eigenvalue weighted by molar-refractivity contribution is 7.16. The summed E-state index contributed by atoms with van der Waals surface area (Å²) in [6.07, 6.45) is 0.625. The van der Waals surface area contributed by atoms with Crippen molar-refractivity contribution < 1.29 is 9.59 Å². The minimum atomic E-state index is -0.770. The number of hydrogen-bond acceptors (Lipinski definition) is 5. The van der Waals surface area contributed by atoms with Gasteiger partial charge in [-0.1, -0.05) is 0 Å². The molecular weight excluding hydrogens is 276 g/mol. The Labute approximate surface area is 118 Å². The fourth-order valence-electron chi connectivity index (χ4n) is 2.89. The number of carbonyl (C=O) groups excluding carboxylic acids is 2. The molecule has 0 saturated carbocycles. The minimum absolute atomic E-state index is 0.222. The highest BCUT2D eigenvalue weighted by Gasteiger charge is 2.50. The van der Waals surface area contributed by atoms with Crippen molar-refractivity contribution in [2.24, 2.45) is 0 Å². The molecule has 1 aromatic heterocycles. The Balaban J connectivity index is 1.64. The van der Waals surface area contributed by atoms with Crippen molar-refractivity contribution in [3.05, 3.63) is 23.7 Å². The molecule has 2 aliphatic rings. The topological polar surface area (TPSA) is 74.3 Å². The summed E-state index contributed by atoms with van der Waals surface area (Å²) in [5.41, 5.74) is 3.06. The fraction of sp³-hybridized carbons (Fsp3) is 0.308. The molecule has 1 atom stereocenters. The first kappa shape index (κ1) is 11.7. The molecule has 0 radical (unpaired) electrons. The summed E-state index contributed by atoms with van der Waals surface area (Å²) in [7, 11) is 0. The lowest BCUT2D eigenvalue weighted by atomic mass is 9.99. The molecule has 1 unspecified atom stereocenters. The van der Waals surface area contributed by atoms with Gasteiger partial charge in [0.25, 0.3) is 5.91 Å².